The van der Waals surface area contributed by atoms with Crippen LogP contribution in [0.1, 0.15) is 25.6 Å². The van der Waals surface area contributed by atoms with E-state index in [9.17, 15) is 0 Å². The highest BCUT2D eigenvalue weighted by Crippen LogP contribution is 2.22. The Kier molecular flexibility index (Phi) is 4.35. The first-order valence-corrected chi connectivity index (χ1v) is 5.79. The third-order valence-corrected chi connectivity index (χ3v) is 2.98. The number of aliphatic hydroxyl groups excluding tert-OH is 1. The average molecular weight is 214 g/mol. The summed E-state index contributed by atoms with van der Waals surface area (Å²) in [4.78, 5) is 7.47. The van der Waals surface area contributed by atoms with E-state index in [1.54, 1.807) is 17.5 Å². The first-order chi connectivity index (χ1) is 6.67. The molecule has 0 radical (unpaired) electrons. The van der Waals surface area contributed by atoms with Gasteiger partial charge in [-0.1, -0.05) is 25.2 Å². The molecule has 0 aliphatic rings. The van der Waals surface area contributed by atoms with Crippen LogP contribution in [-0.4, -0.2) is 23.2 Å². The molecule has 0 aliphatic heterocycles. The maximum atomic E-state index is 8.94. The molecule has 0 spiro atoms. The summed E-state index contributed by atoms with van der Waals surface area (Å²) in [5.74, 6) is 0.636. The topological polar surface area (TPSA) is 36.4 Å². The van der Waals surface area contributed by atoms with E-state index in [4.69, 9.17) is 5.11 Å². The zero-order chi connectivity index (χ0) is 10.6. The van der Waals surface area contributed by atoms with Crippen LogP contribution in [0, 0.1) is 5.92 Å². The molecule has 0 fully saturated rings. The molecule has 80 valence electrons. The monoisotopic (exact) mass is 214 g/mol. The molecule has 0 aliphatic carbocycles. The van der Waals surface area contributed by atoms with Crippen LogP contribution in [0.3, 0.4) is 0 Å². The Morgan fingerprint density at radius 2 is 2.29 bits per heavy atom. The van der Waals surface area contributed by atoms with Gasteiger partial charge in [-0.25, -0.2) is 4.98 Å². The minimum Gasteiger partial charge on any atom is -0.391 e. The number of aliphatic hydroxyl groups is 1. The van der Waals surface area contributed by atoms with Gasteiger partial charge in [-0.05, 0) is 12.8 Å². The molecule has 3 nitrogen and oxygen atoms in total. The molecule has 0 amide bonds. The second kappa shape index (κ2) is 5.32. The summed E-state index contributed by atoms with van der Waals surface area (Å²) in [6, 6.07) is 0. The molecular weight excluding hydrogens is 196 g/mol. The normalized spacial score (nSPS) is 10.9. The molecule has 0 saturated heterocycles. The molecule has 0 bridgehead atoms. The first-order valence-electron chi connectivity index (χ1n) is 4.97. The van der Waals surface area contributed by atoms with Gasteiger partial charge in [0.05, 0.1) is 11.5 Å². The zero-order valence-corrected chi connectivity index (χ0v) is 9.84. The summed E-state index contributed by atoms with van der Waals surface area (Å²) in [7, 11) is 0. The van der Waals surface area contributed by atoms with Gasteiger partial charge in [-0.3, -0.25) is 0 Å². The standard InChI is InChI=1S/C10H18N2OS/c1-4-12(6-8(2)3)10-11-5-9(7-13)14-10/h5,8,13H,4,6-7H2,1-3H3. The molecule has 0 unspecified atom stereocenters. The third-order valence-electron chi connectivity index (χ3n) is 1.93. The van der Waals surface area contributed by atoms with E-state index >= 15 is 0 Å². The van der Waals surface area contributed by atoms with Crippen molar-refractivity contribution < 1.29 is 5.11 Å². The summed E-state index contributed by atoms with van der Waals surface area (Å²) in [5, 5.41) is 9.96. The summed E-state index contributed by atoms with van der Waals surface area (Å²) >= 11 is 1.57. The summed E-state index contributed by atoms with van der Waals surface area (Å²) < 4.78 is 0. The van der Waals surface area contributed by atoms with Crippen molar-refractivity contribution in [1.29, 1.82) is 0 Å². The van der Waals surface area contributed by atoms with Crippen LogP contribution in [0.2, 0.25) is 0 Å². The van der Waals surface area contributed by atoms with E-state index in [-0.39, 0.29) is 6.61 Å². The largest absolute Gasteiger partial charge is 0.391 e. The number of aromatic nitrogens is 1. The molecule has 1 N–H and O–H groups in total. The zero-order valence-electron chi connectivity index (χ0n) is 9.03. The van der Waals surface area contributed by atoms with Crippen molar-refractivity contribution in [3.63, 3.8) is 0 Å². The smallest absolute Gasteiger partial charge is 0.185 e. The lowest BCUT2D eigenvalue weighted by molar-refractivity contribution is 0.285. The van der Waals surface area contributed by atoms with Crippen molar-refractivity contribution >= 4 is 16.5 Å². The minimum absolute atomic E-state index is 0.0941. The Morgan fingerprint density at radius 3 is 2.71 bits per heavy atom. The number of rotatable bonds is 5. The van der Waals surface area contributed by atoms with Crippen LogP contribution in [0.25, 0.3) is 0 Å². The Bertz CT molecular complexity index is 273. The van der Waals surface area contributed by atoms with Crippen LogP contribution in [0.4, 0.5) is 5.13 Å². The van der Waals surface area contributed by atoms with Gasteiger partial charge in [0.15, 0.2) is 5.13 Å². The van der Waals surface area contributed by atoms with Gasteiger partial charge in [0.1, 0.15) is 0 Å². The van der Waals surface area contributed by atoms with Gasteiger partial charge in [-0.2, -0.15) is 0 Å². The van der Waals surface area contributed by atoms with E-state index in [1.807, 2.05) is 0 Å². The molecule has 4 heteroatoms. The molecule has 0 aromatic carbocycles. The van der Waals surface area contributed by atoms with E-state index in [1.165, 1.54) is 0 Å². The number of hydrogen-bond donors (Lipinski definition) is 1. The Balaban J connectivity index is 2.68. The molecule has 0 atom stereocenters. The molecule has 1 aromatic heterocycles. The molecule has 1 aromatic rings. The summed E-state index contributed by atoms with van der Waals surface area (Å²) in [6.07, 6.45) is 1.75. The van der Waals surface area contributed by atoms with Gasteiger partial charge < -0.3 is 10.0 Å². The number of hydrogen-bond acceptors (Lipinski definition) is 4. The number of anilines is 1. The van der Waals surface area contributed by atoms with Crippen molar-refractivity contribution in [2.75, 3.05) is 18.0 Å². The van der Waals surface area contributed by atoms with Gasteiger partial charge in [0.25, 0.3) is 0 Å². The lowest BCUT2D eigenvalue weighted by Crippen LogP contribution is -2.26. The van der Waals surface area contributed by atoms with E-state index in [0.29, 0.717) is 5.92 Å². The maximum Gasteiger partial charge on any atom is 0.185 e. The van der Waals surface area contributed by atoms with Crippen LogP contribution in [0.5, 0.6) is 0 Å². The van der Waals surface area contributed by atoms with Crippen molar-refractivity contribution in [2.24, 2.45) is 5.92 Å². The Labute approximate surface area is 89.4 Å². The quantitative estimate of drug-likeness (QED) is 0.815. The van der Waals surface area contributed by atoms with Crippen LogP contribution < -0.4 is 4.90 Å². The Morgan fingerprint density at radius 1 is 1.57 bits per heavy atom. The van der Waals surface area contributed by atoms with Crippen molar-refractivity contribution in [1.82, 2.24) is 4.98 Å². The van der Waals surface area contributed by atoms with Gasteiger partial charge in [-0.15, -0.1) is 0 Å². The van der Waals surface area contributed by atoms with Crippen molar-refractivity contribution in [3.05, 3.63) is 11.1 Å². The molecule has 14 heavy (non-hydrogen) atoms. The molecule has 1 heterocycles. The lowest BCUT2D eigenvalue weighted by atomic mass is 10.2. The van der Waals surface area contributed by atoms with E-state index in [2.05, 4.69) is 30.7 Å². The fourth-order valence-corrected chi connectivity index (χ4v) is 2.14. The fourth-order valence-electron chi connectivity index (χ4n) is 1.30. The average Bonchev–Trinajstić information content (AvgIpc) is 2.62. The van der Waals surface area contributed by atoms with Gasteiger partial charge in [0, 0.05) is 19.3 Å². The highest BCUT2D eigenvalue weighted by atomic mass is 32.1. The predicted molar refractivity (Wildman–Crippen MR) is 60.8 cm³/mol. The van der Waals surface area contributed by atoms with Crippen molar-refractivity contribution in [2.45, 2.75) is 27.4 Å². The van der Waals surface area contributed by atoms with Crippen LogP contribution >= 0.6 is 11.3 Å². The predicted octanol–water partition coefficient (Wildman–Crippen LogP) is 2.12. The molecule has 1 rings (SSSR count). The van der Waals surface area contributed by atoms with Gasteiger partial charge >= 0.3 is 0 Å². The van der Waals surface area contributed by atoms with E-state index < -0.39 is 0 Å². The maximum absolute atomic E-state index is 8.94. The Hall–Kier alpha value is -0.610. The summed E-state index contributed by atoms with van der Waals surface area (Å²) in [5.41, 5.74) is 0. The minimum atomic E-state index is 0.0941. The first kappa shape index (κ1) is 11.5. The highest BCUT2D eigenvalue weighted by molar-refractivity contribution is 7.15. The highest BCUT2D eigenvalue weighted by Gasteiger charge is 2.10. The van der Waals surface area contributed by atoms with Crippen LogP contribution in [0.15, 0.2) is 6.20 Å². The SMILES string of the molecule is CCN(CC(C)C)c1ncc(CO)s1. The second-order valence-electron chi connectivity index (χ2n) is 3.70. The number of nitrogens with zero attached hydrogens (tertiary/aromatic N) is 2. The van der Waals surface area contributed by atoms with Crippen molar-refractivity contribution in [3.8, 4) is 0 Å². The van der Waals surface area contributed by atoms with Gasteiger partial charge in [0.2, 0.25) is 0 Å². The van der Waals surface area contributed by atoms with E-state index in [0.717, 1.165) is 23.1 Å². The summed E-state index contributed by atoms with van der Waals surface area (Å²) in [6.45, 7) is 8.61. The van der Waals surface area contributed by atoms with Crippen LogP contribution in [-0.2, 0) is 6.61 Å². The number of thiazole rings is 1. The third kappa shape index (κ3) is 2.96. The fraction of sp³-hybridized carbons (Fsp3) is 0.700. The molecule has 0 saturated carbocycles. The molecular formula is C10H18N2OS. The lowest BCUT2D eigenvalue weighted by Gasteiger charge is -2.21. The second-order valence-corrected chi connectivity index (χ2v) is 4.79.